The summed E-state index contributed by atoms with van der Waals surface area (Å²) in [5.41, 5.74) is 0. The molecule has 1 N–H and O–H groups in total. The van der Waals surface area contributed by atoms with E-state index in [1.54, 1.807) is 17.4 Å². The third-order valence-electron chi connectivity index (χ3n) is 2.76. The number of nitrogens with one attached hydrogen (secondary N) is 1. The molecule has 0 aromatic carbocycles. The number of hydrogen-bond acceptors (Lipinski definition) is 3. The molecule has 2 amide bonds. The largest absolute Gasteiger partial charge is 0.354 e. The van der Waals surface area contributed by atoms with Crippen molar-refractivity contribution in [2.75, 3.05) is 19.6 Å². The van der Waals surface area contributed by atoms with Crippen LogP contribution in [0.25, 0.3) is 0 Å². The number of imidazole rings is 1. The molecule has 17 heavy (non-hydrogen) atoms. The van der Waals surface area contributed by atoms with Gasteiger partial charge in [-0.3, -0.25) is 9.59 Å². The van der Waals surface area contributed by atoms with E-state index in [0.29, 0.717) is 26.1 Å². The van der Waals surface area contributed by atoms with Crippen molar-refractivity contribution in [3.05, 3.63) is 18.7 Å². The molecule has 2 heterocycles. The molecule has 0 spiro atoms. The Kier molecular flexibility index (Phi) is 3.74. The van der Waals surface area contributed by atoms with Crippen molar-refractivity contribution < 1.29 is 9.59 Å². The monoisotopic (exact) mass is 236 g/mol. The molecule has 1 fully saturated rings. The molecule has 92 valence electrons. The molecule has 1 aliphatic rings. The predicted octanol–water partition coefficient (Wildman–Crippen LogP) is -0.378. The highest BCUT2D eigenvalue weighted by atomic mass is 16.2. The minimum atomic E-state index is -0.0709. The van der Waals surface area contributed by atoms with E-state index in [4.69, 9.17) is 0 Å². The SMILES string of the molecule is O=C1CN(C(=O)CCn2ccnc2)CCCN1. The predicted molar refractivity (Wildman–Crippen MR) is 61.1 cm³/mol. The van der Waals surface area contributed by atoms with Crippen LogP contribution < -0.4 is 5.32 Å². The van der Waals surface area contributed by atoms with Crippen molar-refractivity contribution in [2.24, 2.45) is 0 Å². The zero-order valence-corrected chi connectivity index (χ0v) is 9.63. The van der Waals surface area contributed by atoms with Gasteiger partial charge in [0.2, 0.25) is 11.8 Å². The Morgan fingerprint density at radius 3 is 3.18 bits per heavy atom. The van der Waals surface area contributed by atoms with Crippen LogP contribution in [0.1, 0.15) is 12.8 Å². The number of hydrogen-bond donors (Lipinski definition) is 1. The van der Waals surface area contributed by atoms with Crippen LogP contribution in [0, 0.1) is 0 Å². The Bertz CT molecular complexity index is 388. The quantitative estimate of drug-likeness (QED) is 0.778. The van der Waals surface area contributed by atoms with Crippen LogP contribution in [-0.4, -0.2) is 45.9 Å². The highest BCUT2D eigenvalue weighted by molar-refractivity contribution is 5.85. The third-order valence-corrected chi connectivity index (χ3v) is 2.76. The topological polar surface area (TPSA) is 67.2 Å². The summed E-state index contributed by atoms with van der Waals surface area (Å²) in [6.07, 6.45) is 6.42. The van der Waals surface area contributed by atoms with Crippen LogP contribution in [0.3, 0.4) is 0 Å². The Hall–Kier alpha value is -1.85. The summed E-state index contributed by atoms with van der Waals surface area (Å²) in [7, 11) is 0. The van der Waals surface area contributed by atoms with E-state index in [0.717, 1.165) is 6.42 Å². The van der Waals surface area contributed by atoms with Crippen LogP contribution in [0.4, 0.5) is 0 Å². The number of rotatable bonds is 3. The molecule has 1 aromatic rings. The van der Waals surface area contributed by atoms with Gasteiger partial charge in [-0.15, -0.1) is 0 Å². The normalized spacial score (nSPS) is 16.5. The van der Waals surface area contributed by atoms with Gasteiger partial charge in [0.05, 0.1) is 12.9 Å². The Labute approximate surface area is 99.6 Å². The smallest absolute Gasteiger partial charge is 0.239 e. The molecule has 0 unspecified atom stereocenters. The number of carbonyl (C=O) groups is 2. The molecule has 2 rings (SSSR count). The summed E-state index contributed by atoms with van der Waals surface area (Å²) in [6, 6.07) is 0. The van der Waals surface area contributed by atoms with E-state index in [9.17, 15) is 9.59 Å². The van der Waals surface area contributed by atoms with E-state index in [-0.39, 0.29) is 18.4 Å². The summed E-state index contributed by atoms with van der Waals surface area (Å²) in [5.74, 6) is -0.0470. The maximum Gasteiger partial charge on any atom is 0.239 e. The summed E-state index contributed by atoms with van der Waals surface area (Å²) < 4.78 is 1.86. The second-order valence-electron chi connectivity index (χ2n) is 4.07. The fourth-order valence-corrected chi connectivity index (χ4v) is 1.82. The first-order valence-corrected chi connectivity index (χ1v) is 5.76. The highest BCUT2D eigenvalue weighted by Crippen LogP contribution is 2.01. The number of aromatic nitrogens is 2. The summed E-state index contributed by atoms with van der Waals surface area (Å²) in [4.78, 5) is 28.8. The molecular weight excluding hydrogens is 220 g/mol. The van der Waals surface area contributed by atoms with Crippen molar-refractivity contribution >= 4 is 11.8 Å². The molecule has 0 radical (unpaired) electrons. The van der Waals surface area contributed by atoms with Crippen LogP contribution in [0.5, 0.6) is 0 Å². The van der Waals surface area contributed by atoms with Gasteiger partial charge in [0.15, 0.2) is 0 Å². The zero-order valence-electron chi connectivity index (χ0n) is 9.63. The number of carbonyl (C=O) groups excluding carboxylic acids is 2. The molecule has 6 nitrogen and oxygen atoms in total. The summed E-state index contributed by atoms with van der Waals surface area (Å²) >= 11 is 0. The average molecular weight is 236 g/mol. The average Bonchev–Trinajstić information content (AvgIpc) is 2.74. The van der Waals surface area contributed by atoms with Gasteiger partial charge in [-0.2, -0.15) is 0 Å². The molecule has 0 aliphatic carbocycles. The molecule has 0 atom stereocenters. The van der Waals surface area contributed by atoms with Crippen molar-refractivity contribution in [3.63, 3.8) is 0 Å². The van der Waals surface area contributed by atoms with E-state index in [1.807, 2.05) is 10.8 Å². The third kappa shape index (κ3) is 3.30. The fraction of sp³-hybridized carbons (Fsp3) is 0.545. The molecular formula is C11H16N4O2. The second-order valence-corrected chi connectivity index (χ2v) is 4.07. The van der Waals surface area contributed by atoms with E-state index in [2.05, 4.69) is 10.3 Å². The molecule has 1 aliphatic heterocycles. The number of amides is 2. The fourth-order valence-electron chi connectivity index (χ4n) is 1.82. The second kappa shape index (κ2) is 5.47. The summed E-state index contributed by atoms with van der Waals surface area (Å²) in [5, 5.41) is 2.75. The van der Waals surface area contributed by atoms with Crippen LogP contribution in [0.2, 0.25) is 0 Å². The number of nitrogens with zero attached hydrogens (tertiary/aromatic N) is 3. The maximum absolute atomic E-state index is 11.9. The van der Waals surface area contributed by atoms with Gasteiger partial charge in [0, 0.05) is 38.4 Å². The minimum Gasteiger partial charge on any atom is -0.354 e. The van der Waals surface area contributed by atoms with Gasteiger partial charge < -0.3 is 14.8 Å². The molecule has 0 saturated carbocycles. The van der Waals surface area contributed by atoms with Gasteiger partial charge in [-0.25, -0.2) is 4.98 Å². The maximum atomic E-state index is 11.9. The van der Waals surface area contributed by atoms with Gasteiger partial charge in [0.1, 0.15) is 0 Å². The first-order chi connectivity index (χ1) is 8.25. The molecule has 0 bridgehead atoms. The van der Waals surface area contributed by atoms with Crippen molar-refractivity contribution in [1.82, 2.24) is 19.8 Å². The van der Waals surface area contributed by atoms with E-state index < -0.39 is 0 Å². The lowest BCUT2D eigenvalue weighted by Crippen LogP contribution is -2.37. The lowest BCUT2D eigenvalue weighted by Gasteiger charge is -2.18. The highest BCUT2D eigenvalue weighted by Gasteiger charge is 2.19. The van der Waals surface area contributed by atoms with Gasteiger partial charge in [0.25, 0.3) is 0 Å². The standard InChI is InChI=1S/C11H16N4O2/c16-10-8-15(5-1-3-13-10)11(17)2-6-14-7-4-12-9-14/h4,7,9H,1-3,5-6,8H2,(H,13,16). The van der Waals surface area contributed by atoms with Gasteiger partial charge >= 0.3 is 0 Å². The molecule has 6 heteroatoms. The lowest BCUT2D eigenvalue weighted by atomic mass is 10.3. The van der Waals surface area contributed by atoms with Crippen molar-refractivity contribution in [2.45, 2.75) is 19.4 Å². The Morgan fingerprint density at radius 1 is 1.53 bits per heavy atom. The number of aryl methyl sites for hydroxylation is 1. The zero-order chi connectivity index (χ0) is 12.1. The van der Waals surface area contributed by atoms with Crippen LogP contribution >= 0.6 is 0 Å². The first kappa shape index (κ1) is 11.6. The summed E-state index contributed by atoms with van der Waals surface area (Å²) in [6.45, 7) is 2.10. The van der Waals surface area contributed by atoms with Crippen molar-refractivity contribution in [1.29, 1.82) is 0 Å². The Morgan fingerprint density at radius 2 is 2.41 bits per heavy atom. The van der Waals surface area contributed by atoms with Gasteiger partial charge in [-0.05, 0) is 6.42 Å². The molecule has 1 aromatic heterocycles. The van der Waals surface area contributed by atoms with Crippen molar-refractivity contribution in [3.8, 4) is 0 Å². The van der Waals surface area contributed by atoms with Gasteiger partial charge in [-0.1, -0.05) is 0 Å². The van der Waals surface area contributed by atoms with E-state index in [1.165, 1.54) is 0 Å². The lowest BCUT2D eigenvalue weighted by molar-refractivity contribution is -0.135. The van der Waals surface area contributed by atoms with Crippen LogP contribution in [0.15, 0.2) is 18.7 Å². The van der Waals surface area contributed by atoms with E-state index >= 15 is 0 Å². The Balaban J connectivity index is 1.84. The molecule has 1 saturated heterocycles. The van der Waals surface area contributed by atoms with Crippen LogP contribution in [-0.2, 0) is 16.1 Å². The first-order valence-electron chi connectivity index (χ1n) is 5.76. The minimum absolute atomic E-state index is 0.0238.